The van der Waals surface area contributed by atoms with Crippen LogP contribution < -0.4 is 10.2 Å². The number of halogens is 4. The first-order valence-corrected chi connectivity index (χ1v) is 8.30. The minimum Gasteiger partial charge on any atom is -0.507 e. The van der Waals surface area contributed by atoms with Crippen molar-refractivity contribution in [1.29, 1.82) is 0 Å². The number of phenolic OH excluding ortho intramolecular Hbond substituents is 1. The fourth-order valence-corrected chi connectivity index (χ4v) is 3.04. The van der Waals surface area contributed by atoms with Crippen LogP contribution in [0.3, 0.4) is 0 Å². The van der Waals surface area contributed by atoms with Gasteiger partial charge in [-0.2, -0.15) is 5.10 Å². The summed E-state index contributed by atoms with van der Waals surface area (Å²) in [5.74, 6) is 0.134. The number of anilines is 1. The van der Waals surface area contributed by atoms with E-state index >= 15 is 0 Å². The topological polar surface area (TPSA) is 92.0 Å². The summed E-state index contributed by atoms with van der Waals surface area (Å²) < 4.78 is 14.4. The zero-order valence-electron chi connectivity index (χ0n) is 15.4. The van der Waals surface area contributed by atoms with E-state index in [0.29, 0.717) is 28.9 Å². The van der Waals surface area contributed by atoms with Crippen molar-refractivity contribution in [3.8, 4) is 22.7 Å². The molecule has 0 saturated carbocycles. The van der Waals surface area contributed by atoms with Gasteiger partial charge in [-0.25, -0.2) is 14.1 Å². The van der Waals surface area contributed by atoms with E-state index in [2.05, 4.69) is 30.5 Å². The molecule has 1 atom stereocenters. The van der Waals surface area contributed by atoms with Gasteiger partial charge in [0, 0.05) is 30.8 Å². The Kier molecular flexibility index (Phi) is 9.03. The Morgan fingerprint density at radius 1 is 1.17 bits per heavy atom. The third-order valence-corrected chi connectivity index (χ3v) is 4.50. The molecule has 3 heterocycles. The van der Waals surface area contributed by atoms with Gasteiger partial charge in [0.05, 0.1) is 24.3 Å². The molecule has 0 aliphatic carbocycles. The highest BCUT2D eigenvalue weighted by molar-refractivity contribution is 5.86. The Morgan fingerprint density at radius 2 is 1.97 bits per heavy atom. The SMILES string of the molecule is CNC1CCN(c2ncc(-c3ccc(-n4cc(F)cn4)cc3O)nn2)C1.Cl.Cl.Cl. The Hall–Kier alpha value is -2.20. The minimum absolute atomic E-state index is 0. The van der Waals surface area contributed by atoms with Crippen molar-refractivity contribution >= 4 is 43.2 Å². The molecular weight excluding hydrogens is 444 g/mol. The van der Waals surface area contributed by atoms with Crippen molar-refractivity contribution in [2.45, 2.75) is 12.5 Å². The lowest BCUT2D eigenvalue weighted by Crippen LogP contribution is -2.30. The highest BCUT2D eigenvalue weighted by Crippen LogP contribution is 2.29. The number of likely N-dealkylation sites (N-methyl/N-ethyl adjacent to an activating group) is 1. The summed E-state index contributed by atoms with van der Waals surface area (Å²) in [6, 6.07) is 5.33. The predicted octanol–water partition coefficient (Wildman–Crippen LogP) is 2.63. The summed E-state index contributed by atoms with van der Waals surface area (Å²) in [4.78, 5) is 6.45. The van der Waals surface area contributed by atoms with Gasteiger partial charge in [-0.3, -0.25) is 0 Å². The van der Waals surface area contributed by atoms with Crippen LogP contribution in [0.15, 0.2) is 36.8 Å². The Morgan fingerprint density at radius 3 is 2.52 bits per heavy atom. The zero-order chi connectivity index (χ0) is 18.1. The van der Waals surface area contributed by atoms with Gasteiger partial charge in [0.15, 0.2) is 5.82 Å². The number of phenols is 1. The van der Waals surface area contributed by atoms with Crippen LogP contribution in [0.4, 0.5) is 10.3 Å². The summed E-state index contributed by atoms with van der Waals surface area (Å²) >= 11 is 0. The summed E-state index contributed by atoms with van der Waals surface area (Å²) in [5.41, 5.74) is 1.51. The molecule has 1 unspecified atom stereocenters. The third-order valence-electron chi connectivity index (χ3n) is 4.50. The van der Waals surface area contributed by atoms with Crippen LogP contribution in [0.25, 0.3) is 16.9 Å². The van der Waals surface area contributed by atoms with Crippen LogP contribution in [0, 0.1) is 5.82 Å². The predicted molar refractivity (Wildman–Crippen MR) is 115 cm³/mol. The van der Waals surface area contributed by atoms with Crippen molar-refractivity contribution < 1.29 is 9.50 Å². The number of nitrogens with one attached hydrogen (secondary N) is 1. The highest BCUT2D eigenvalue weighted by atomic mass is 35.5. The number of aromatic nitrogens is 5. The highest BCUT2D eigenvalue weighted by Gasteiger charge is 2.23. The second-order valence-corrected chi connectivity index (χ2v) is 6.17. The van der Waals surface area contributed by atoms with Crippen molar-refractivity contribution in [3.63, 3.8) is 0 Å². The summed E-state index contributed by atoms with van der Waals surface area (Å²) in [6.45, 7) is 1.73. The van der Waals surface area contributed by atoms with E-state index in [4.69, 9.17) is 0 Å². The maximum Gasteiger partial charge on any atom is 0.245 e. The van der Waals surface area contributed by atoms with Crippen LogP contribution in [0.5, 0.6) is 5.75 Å². The average molecular weight is 465 g/mol. The van der Waals surface area contributed by atoms with E-state index in [0.717, 1.165) is 25.7 Å². The van der Waals surface area contributed by atoms with E-state index < -0.39 is 5.82 Å². The van der Waals surface area contributed by atoms with Gasteiger partial charge in [0.25, 0.3) is 0 Å². The zero-order valence-corrected chi connectivity index (χ0v) is 17.8. The minimum atomic E-state index is -0.443. The standard InChI is InChI=1S/C17H18FN7O.3ClH/c1-19-12-4-5-24(10-12)17-20-8-15(22-23-17)14-3-2-13(6-16(14)26)25-9-11(18)7-21-25;;;/h2-3,6-9,12,19,26H,4-5,10H2,1H3;3*1H. The van der Waals surface area contributed by atoms with Crippen LogP contribution in [-0.4, -0.2) is 56.2 Å². The second-order valence-electron chi connectivity index (χ2n) is 6.17. The molecule has 1 aliphatic heterocycles. The van der Waals surface area contributed by atoms with Crippen LogP contribution >= 0.6 is 37.2 Å². The fraction of sp³-hybridized carbons (Fsp3) is 0.294. The van der Waals surface area contributed by atoms with Crippen LogP contribution in [0.2, 0.25) is 0 Å². The molecule has 1 saturated heterocycles. The molecule has 0 bridgehead atoms. The monoisotopic (exact) mass is 463 g/mol. The van der Waals surface area contributed by atoms with Crippen LogP contribution in [-0.2, 0) is 0 Å². The molecule has 0 radical (unpaired) electrons. The second kappa shape index (κ2) is 10.5. The normalized spacial score (nSPS) is 15.2. The van der Waals surface area contributed by atoms with Crippen molar-refractivity contribution in [2.24, 2.45) is 0 Å². The molecule has 3 aromatic rings. The molecule has 0 amide bonds. The van der Waals surface area contributed by atoms with Gasteiger partial charge in [-0.05, 0) is 25.6 Å². The first-order chi connectivity index (χ1) is 12.6. The average Bonchev–Trinajstić information content (AvgIpc) is 3.31. The van der Waals surface area contributed by atoms with Gasteiger partial charge in [-0.15, -0.1) is 47.4 Å². The number of benzene rings is 1. The van der Waals surface area contributed by atoms with Crippen molar-refractivity contribution in [1.82, 2.24) is 30.3 Å². The number of rotatable bonds is 4. The van der Waals surface area contributed by atoms with E-state index in [1.807, 2.05) is 7.05 Å². The lowest BCUT2D eigenvalue weighted by molar-refractivity contribution is 0.476. The van der Waals surface area contributed by atoms with Gasteiger partial charge >= 0.3 is 0 Å². The summed E-state index contributed by atoms with van der Waals surface area (Å²) in [5, 5.41) is 25.8. The molecule has 1 aromatic carbocycles. The van der Waals surface area contributed by atoms with Crippen molar-refractivity contribution in [3.05, 3.63) is 42.6 Å². The van der Waals surface area contributed by atoms with Gasteiger partial charge in [0.1, 0.15) is 11.4 Å². The molecule has 2 N–H and O–H groups in total. The quantitative estimate of drug-likeness (QED) is 0.613. The molecule has 12 heteroatoms. The third kappa shape index (κ3) is 5.24. The molecule has 8 nitrogen and oxygen atoms in total. The maximum atomic E-state index is 13.1. The molecule has 1 aliphatic rings. The maximum absolute atomic E-state index is 13.1. The Labute approximate surface area is 185 Å². The number of nitrogens with zero attached hydrogens (tertiary/aromatic N) is 6. The first-order valence-electron chi connectivity index (χ1n) is 8.30. The number of hydrogen-bond donors (Lipinski definition) is 2. The molecule has 158 valence electrons. The molecule has 2 aromatic heterocycles. The van der Waals surface area contributed by atoms with Crippen molar-refractivity contribution in [2.75, 3.05) is 25.0 Å². The van der Waals surface area contributed by atoms with E-state index in [1.54, 1.807) is 18.3 Å². The lowest BCUT2D eigenvalue weighted by atomic mass is 10.1. The van der Waals surface area contributed by atoms with Gasteiger partial charge < -0.3 is 15.3 Å². The van der Waals surface area contributed by atoms with E-state index in [9.17, 15) is 9.50 Å². The molecule has 29 heavy (non-hydrogen) atoms. The van der Waals surface area contributed by atoms with Gasteiger partial charge in [-0.1, -0.05) is 0 Å². The largest absolute Gasteiger partial charge is 0.507 e. The smallest absolute Gasteiger partial charge is 0.245 e. The molecule has 4 rings (SSSR count). The first kappa shape index (κ1) is 24.8. The fourth-order valence-electron chi connectivity index (χ4n) is 3.04. The molecule has 0 spiro atoms. The number of aromatic hydroxyl groups is 1. The van der Waals surface area contributed by atoms with Gasteiger partial charge in [0.2, 0.25) is 5.95 Å². The van der Waals surface area contributed by atoms with Crippen LogP contribution in [0.1, 0.15) is 6.42 Å². The number of hydrogen-bond acceptors (Lipinski definition) is 7. The summed E-state index contributed by atoms with van der Waals surface area (Å²) in [6.07, 6.45) is 4.98. The summed E-state index contributed by atoms with van der Waals surface area (Å²) in [7, 11) is 1.94. The molecular formula is C17H21Cl3FN7O. The lowest BCUT2D eigenvalue weighted by Gasteiger charge is -2.15. The van der Waals surface area contributed by atoms with E-state index in [-0.39, 0.29) is 43.0 Å². The van der Waals surface area contributed by atoms with E-state index in [1.165, 1.54) is 16.9 Å². The molecule has 1 fully saturated rings. The Bertz CT molecular complexity index is 926. The Balaban J connectivity index is 0.00000140.